The van der Waals surface area contributed by atoms with E-state index in [1.54, 1.807) is 0 Å². The Kier molecular flexibility index (Phi) is 6.06. The van der Waals surface area contributed by atoms with Gasteiger partial charge in [-0.05, 0) is 44.2 Å². The molecule has 1 N–H and O–H groups in total. The lowest BCUT2D eigenvalue weighted by Gasteiger charge is -2.39. The van der Waals surface area contributed by atoms with Crippen molar-refractivity contribution < 1.29 is 0 Å². The Morgan fingerprint density at radius 1 is 1.25 bits per heavy atom. The van der Waals surface area contributed by atoms with Crippen LogP contribution in [0, 0.1) is 5.92 Å². The van der Waals surface area contributed by atoms with Crippen molar-refractivity contribution in [3.63, 3.8) is 0 Å². The number of nitrogens with zero attached hydrogens (tertiary/aromatic N) is 1. The lowest BCUT2D eigenvalue weighted by atomic mass is 10.0. The molecule has 0 amide bonds. The van der Waals surface area contributed by atoms with E-state index in [4.69, 9.17) is 0 Å². The smallest absolute Gasteiger partial charge is 0.0236 e. The molecule has 0 aromatic heterocycles. The maximum Gasteiger partial charge on any atom is 0.0236 e. The summed E-state index contributed by atoms with van der Waals surface area (Å²) in [5.41, 5.74) is 1.45. The molecule has 1 aromatic carbocycles. The van der Waals surface area contributed by atoms with Gasteiger partial charge in [0.1, 0.15) is 0 Å². The van der Waals surface area contributed by atoms with Gasteiger partial charge in [0.05, 0.1) is 0 Å². The van der Waals surface area contributed by atoms with Crippen molar-refractivity contribution in [2.45, 2.75) is 52.1 Å². The molecular weight excluding hydrogens is 244 g/mol. The summed E-state index contributed by atoms with van der Waals surface area (Å²) < 4.78 is 0. The van der Waals surface area contributed by atoms with E-state index >= 15 is 0 Å². The van der Waals surface area contributed by atoms with Gasteiger partial charge in [-0.3, -0.25) is 4.90 Å². The van der Waals surface area contributed by atoms with Crippen LogP contribution in [-0.2, 0) is 6.42 Å². The molecule has 2 heteroatoms. The van der Waals surface area contributed by atoms with Crippen LogP contribution in [0.3, 0.4) is 0 Å². The first kappa shape index (κ1) is 15.5. The molecule has 0 spiro atoms. The van der Waals surface area contributed by atoms with Gasteiger partial charge < -0.3 is 5.32 Å². The summed E-state index contributed by atoms with van der Waals surface area (Å²) in [5, 5.41) is 3.70. The van der Waals surface area contributed by atoms with Crippen molar-refractivity contribution >= 4 is 0 Å². The quantitative estimate of drug-likeness (QED) is 0.856. The molecule has 1 aromatic rings. The van der Waals surface area contributed by atoms with Crippen LogP contribution < -0.4 is 5.32 Å². The Morgan fingerprint density at radius 3 is 2.70 bits per heavy atom. The maximum atomic E-state index is 3.70. The summed E-state index contributed by atoms with van der Waals surface area (Å²) >= 11 is 0. The second-order valence-corrected chi connectivity index (χ2v) is 6.67. The van der Waals surface area contributed by atoms with Gasteiger partial charge in [0, 0.05) is 25.2 Å². The highest BCUT2D eigenvalue weighted by atomic mass is 15.2. The Bertz CT molecular complexity index is 374. The van der Waals surface area contributed by atoms with Crippen LogP contribution in [0.5, 0.6) is 0 Å². The van der Waals surface area contributed by atoms with E-state index < -0.39 is 0 Å². The van der Waals surface area contributed by atoms with Gasteiger partial charge in [-0.2, -0.15) is 0 Å². The predicted octanol–water partition coefficient (Wildman–Crippen LogP) is 3.33. The van der Waals surface area contributed by atoms with Gasteiger partial charge in [0.2, 0.25) is 0 Å². The first-order valence-corrected chi connectivity index (χ1v) is 8.16. The monoisotopic (exact) mass is 274 g/mol. The number of benzene rings is 1. The Labute approximate surface area is 124 Å². The number of nitrogens with one attached hydrogen (secondary N) is 1. The molecule has 1 saturated heterocycles. The zero-order valence-corrected chi connectivity index (χ0v) is 13.3. The van der Waals surface area contributed by atoms with Crippen molar-refractivity contribution in [2.75, 3.05) is 19.6 Å². The molecule has 2 atom stereocenters. The van der Waals surface area contributed by atoms with Gasteiger partial charge >= 0.3 is 0 Å². The first-order valence-electron chi connectivity index (χ1n) is 8.16. The molecule has 0 aliphatic carbocycles. The first-order chi connectivity index (χ1) is 9.65. The molecule has 2 nitrogen and oxygen atoms in total. The summed E-state index contributed by atoms with van der Waals surface area (Å²) in [6.45, 7) is 10.6. The van der Waals surface area contributed by atoms with Crippen LogP contribution in [0.1, 0.15) is 39.2 Å². The zero-order chi connectivity index (χ0) is 14.4. The lowest BCUT2D eigenvalue weighted by molar-refractivity contribution is 0.136. The second kappa shape index (κ2) is 7.80. The largest absolute Gasteiger partial charge is 0.311 e. The number of hydrogen-bond acceptors (Lipinski definition) is 2. The SMILES string of the molecule is CC(C)CCCN1CC(Cc2ccccc2)NCC1C. The van der Waals surface area contributed by atoms with Gasteiger partial charge in [-0.25, -0.2) is 0 Å². The Morgan fingerprint density at radius 2 is 2.00 bits per heavy atom. The van der Waals surface area contributed by atoms with E-state index in [-0.39, 0.29) is 0 Å². The molecule has 0 saturated carbocycles. The Hall–Kier alpha value is -0.860. The van der Waals surface area contributed by atoms with E-state index in [9.17, 15) is 0 Å². The number of hydrogen-bond donors (Lipinski definition) is 1. The summed E-state index contributed by atoms with van der Waals surface area (Å²) in [5.74, 6) is 0.827. The maximum absolute atomic E-state index is 3.70. The van der Waals surface area contributed by atoms with E-state index in [1.807, 2.05) is 0 Å². The molecule has 1 fully saturated rings. The highest BCUT2D eigenvalue weighted by molar-refractivity contribution is 5.16. The summed E-state index contributed by atoms with van der Waals surface area (Å²) in [6.07, 6.45) is 3.83. The van der Waals surface area contributed by atoms with E-state index in [0.29, 0.717) is 12.1 Å². The van der Waals surface area contributed by atoms with E-state index in [0.717, 1.165) is 18.9 Å². The van der Waals surface area contributed by atoms with Crippen molar-refractivity contribution in [1.29, 1.82) is 0 Å². The minimum Gasteiger partial charge on any atom is -0.311 e. The van der Waals surface area contributed by atoms with E-state index in [1.165, 1.54) is 31.5 Å². The molecule has 2 rings (SSSR count). The normalized spacial score (nSPS) is 24.2. The minimum atomic E-state index is 0.604. The fourth-order valence-corrected chi connectivity index (χ4v) is 3.04. The van der Waals surface area contributed by atoms with Crippen LogP contribution in [0.15, 0.2) is 30.3 Å². The molecule has 2 unspecified atom stereocenters. The third-order valence-corrected chi connectivity index (χ3v) is 4.33. The minimum absolute atomic E-state index is 0.604. The number of piperazine rings is 1. The fourth-order valence-electron chi connectivity index (χ4n) is 3.04. The van der Waals surface area contributed by atoms with Crippen LogP contribution in [-0.4, -0.2) is 36.6 Å². The standard InChI is InChI=1S/C18H30N2/c1-15(2)8-7-11-20-14-18(19-13-16(20)3)12-17-9-5-4-6-10-17/h4-6,9-10,15-16,18-19H,7-8,11-14H2,1-3H3. The molecule has 1 aliphatic rings. The molecule has 1 heterocycles. The fraction of sp³-hybridized carbons (Fsp3) is 0.667. The van der Waals surface area contributed by atoms with E-state index in [2.05, 4.69) is 61.3 Å². The van der Waals surface area contributed by atoms with Crippen LogP contribution in [0.25, 0.3) is 0 Å². The Balaban J connectivity index is 1.81. The van der Waals surface area contributed by atoms with Gasteiger partial charge in [-0.15, -0.1) is 0 Å². The third-order valence-electron chi connectivity index (χ3n) is 4.33. The molecule has 20 heavy (non-hydrogen) atoms. The molecule has 0 radical (unpaired) electrons. The predicted molar refractivity (Wildman–Crippen MR) is 87.0 cm³/mol. The topological polar surface area (TPSA) is 15.3 Å². The van der Waals surface area contributed by atoms with Crippen molar-refractivity contribution in [3.8, 4) is 0 Å². The molecule has 1 aliphatic heterocycles. The number of rotatable bonds is 6. The zero-order valence-electron chi connectivity index (χ0n) is 13.3. The molecule has 0 bridgehead atoms. The third kappa shape index (κ3) is 4.92. The van der Waals surface area contributed by atoms with Gasteiger partial charge in [0.15, 0.2) is 0 Å². The van der Waals surface area contributed by atoms with Crippen LogP contribution in [0.2, 0.25) is 0 Å². The average Bonchev–Trinajstić information content (AvgIpc) is 2.43. The summed E-state index contributed by atoms with van der Waals surface area (Å²) in [4.78, 5) is 2.67. The lowest BCUT2D eigenvalue weighted by Crippen LogP contribution is -2.56. The molecule has 112 valence electrons. The van der Waals surface area contributed by atoms with Crippen molar-refractivity contribution in [1.82, 2.24) is 10.2 Å². The van der Waals surface area contributed by atoms with Gasteiger partial charge in [0.25, 0.3) is 0 Å². The van der Waals surface area contributed by atoms with Crippen LogP contribution >= 0.6 is 0 Å². The van der Waals surface area contributed by atoms with Gasteiger partial charge in [-0.1, -0.05) is 44.2 Å². The van der Waals surface area contributed by atoms with Crippen LogP contribution in [0.4, 0.5) is 0 Å². The van der Waals surface area contributed by atoms with Crippen molar-refractivity contribution in [3.05, 3.63) is 35.9 Å². The highest BCUT2D eigenvalue weighted by Gasteiger charge is 2.24. The summed E-state index contributed by atoms with van der Waals surface area (Å²) in [6, 6.07) is 12.1. The van der Waals surface area contributed by atoms with Crippen molar-refractivity contribution in [2.24, 2.45) is 5.92 Å². The second-order valence-electron chi connectivity index (χ2n) is 6.67. The summed E-state index contributed by atoms with van der Waals surface area (Å²) in [7, 11) is 0. The highest BCUT2D eigenvalue weighted by Crippen LogP contribution is 2.13. The molecular formula is C18H30N2. The average molecular weight is 274 g/mol.